The highest BCUT2D eigenvalue weighted by Gasteiger charge is 2.20. The van der Waals surface area contributed by atoms with Gasteiger partial charge < -0.3 is 10.0 Å². The van der Waals surface area contributed by atoms with Gasteiger partial charge in [0.2, 0.25) is 0 Å². The molecule has 0 bridgehead atoms. The van der Waals surface area contributed by atoms with Crippen molar-refractivity contribution < 1.29 is 5.11 Å². The minimum Gasteiger partial charge on any atom is -0.507 e. The summed E-state index contributed by atoms with van der Waals surface area (Å²) in [6.45, 7) is 1.94. The summed E-state index contributed by atoms with van der Waals surface area (Å²) in [5.74, 6) is 1.57. The van der Waals surface area contributed by atoms with Gasteiger partial charge in [-0.2, -0.15) is 0 Å². The molecule has 0 aliphatic carbocycles. The number of nitrogens with zero attached hydrogens (tertiary/aromatic N) is 3. The number of hydrogen-bond donors (Lipinski definition) is 1. The van der Waals surface area contributed by atoms with Crippen LogP contribution in [0.5, 0.6) is 5.75 Å². The average molecular weight is 326 g/mol. The molecule has 1 fully saturated rings. The van der Waals surface area contributed by atoms with Crippen molar-refractivity contribution in [2.45, 2.75) is 12.8 Å². The first-order valence-electron chi connectivity index (χ1n) is 7.73. The molecular weight excluding hydrogens is 310 g/mol. The number of rotatable bonds is 2. The van der Waals surface area contributed by atoms with Crippen LogP contribution in [-0.2, 0) is 0 Å². The minimum absolute atomic E-state index is 0.182. The molecule has 0 atom stereocenters. The lowest BCUT2D eigenvalue weighted by Gasteiger charge is -2.20. The molecule has 1 aromatic heterocycles. The molecule has 23 heavy (non-hydrogen) atoms. The van der Waals surface area contributed by atoms with Crippen molar-refractivity contribution in [3.63, 3.8) is 0 Å². The predicted octanol–water partition coefficient (Wildman–Crippen LogP) is 4.26. The van der Waals surface area contributed by atoms with Crippen LogP contribution in [0, 0.1) is 0 Å². The first kappa shape index (κ1) is 14.3. The Kier molecular flexibility index (Phi) is 3.54. The van der Waals surface area contributed by atoms with Gasteiger partial charge in [-0.1, -0.05) is 29.8 Å². The van der Waals surface area contributed by atoms with E-state index in [1.807, 2.05) is 30.3 Å². The van der Waals surface area contributed by atoms with Crippen molar-refractivity contribution >= 4 is 28.3 Å². The van der Waals surface area contributed by atoms with E-state index in [1.54, 1.807) is 12.1 Å². The highest BCUT2D eigenvalue weighted by molar-refractivity contribution is 6.36. The van der Waals surface area contributed by atoms with E-state index in [4.69, 9.17) is 16.6 Å². The van der Waals surface area contributed by atoms with Gasteiger partial charge in [0.25, 0.3) is 0 Å². The maximum Gasteiger partial charge on any atom is 0.165 e. The normalized spacial score (nSPS) is 14.6. The standard InChI is InChI=1S/C18H16ClN3O/c19-13-7-5-8-14-16(13)18(22-10-3-4-11-22)21-17(20-14)12-6-1-2-9-15(12)23/h1-2,5-9,23H,3-4,10-11H2. The molecule has 3 aromatic rings. The summed E-state index contributed by atoms with van der Waals surface area (Å²) < 4.78 is 0. The van der Waals surface area contributed by atoms with Crippen LogP contribution in [0.3, 0.4) is 0 Å². The molecule has 1 aliphatic rings. The van der Waals surface area contributed by atoms with E-state index in [9.17, 15) is 5.11 Å². The summed E-state index contributed by atoms with van der Waals surface area (Å²) >= 11 is 6.41. The van der Waals surface area contributed by atoms with Gasteiger partial charge >= 0.3 is 0 Å². The van der Waals surface area contributed by atoms with Gasteiger partial charge in [0, 0.05) is 13.1 Å². The third kappa shape index (κ3) is 2.49. The minimum atomic E-state index is 0.182. The number of hydrogen-bond acceptors (Lipinski definition) is 4. The molecule has 1 N–H and O–H groups in total. The van der Waals surface area contributed by atoms with Crippen molar-refractivity contribution in [1.82, 2.24) is 9.97 Å². The predicted molar refractivity (Wildman–Crippen MR) is 93.1 cm³/mol. The number of fused-ring (bicyclic) bond motifs is 1. The van der Waals surface area contributed by atoms with Crippen LogP contribution in [0.4, 0.5) is 5.82 Å². The third-order valence-corrected chi connectivity index (χ3v) is 4.52. The van der Waals surface area contributed by atoms with Crippen molar-refractivity contribution in [2.24, 2.45) is 0 Å². The fourth-order valence-electron chi connectivity index (χ4n) is 3.06. The van der Waals surface area contributed by atoms with Crippen molar-refractivity contribution in [3.05, 3.63) is 47.5 Å². The molecule has 2 aromatic carbocycles. The summed E-state index contributed by atoms with van der Waals surface area (Å²) in [6.07, 6.45) is 2.31. The highest BCUT2D eigenvalue weighted by atomic mass is 35.5. The molecule has 4 rings (SSSR count). The number of aromatic hydroxyl groups is 1. The smallest absolute Gasteiger partial charge is 0.165 e. The zero-order valence-corrected chi connectivity index (χ0v) is 13.3. The van der Waals surface area contributed by atoms with Gasteiger partial charge in [0.05, 0.1) is 21.5 Å². The van der Waals surface area contributed by atoms with Crippen LogP contribution in [0.2, 0.25) is 5.02 Å². The maximum absolute atomic E-state index is 10.1. The SMILES string of the molecule is Oc1ccccc1-c1nc(N2CCCC2)c2c(Cl)cccc2n1. The quantitative estimate of drug-likeness (QED) is 0.765. The Labute approximate surface area is 139 Å². The Bertz CT molecular complexity index is 875. The average Bonchev–Trinajstić information content (AvgIpc) is 3.09. The Morgan fingerprint density at radius 1 is 0.957 bits per heavy atom. The highest BCUT2D eigenvalue weighted by Crippen LogP contribution is 2.35. The zero-order chi connectivity index (χ0) is 15.8. The molecule has 1 aliphatic heterocycles. The number of aromatic nitrogens is 2. The van der Waals surface area contributed by atoms with Crippen LogP contribution >= 0.6 is 11.6 Å². The van der Waals surface area contributed by atoms with Crippen molar-refractivity contribution in [3.8, 4) is 17.1 Å². The van der Waals surface area contributed by atoms with E-state index >= 15 is 0 Å². The van der Waals surface area contributed by atoms with E-state index in [-0.39, 0.29) is 5.75 Å². The molecule has 0 amide bonds. The van der Waals surface area contributed by atoms with Crippen LogP contribution in [0.25, 0.3) is 22.3 Å². The lowest BCUT2D eigenvalue weighted by molar-refractivity contribution is 0.477. The third-order valence-electron chi connectivity index (χ3n) is 4.20. The molecule has 2 heterocycles. The molecule has 0 unspecified atom stereocenters. The number of phenolic OH excluding ortho intramolecular Hbond substituents is 1. The first-order valence-corrected chi connectivity index (χ1v) is 8.11. The largest absolute Gasteiger partial charge is 0.507 e. The monoisotopic (exact) mass is 325 g/mol. The molecule has 5 heteroatoms. The molecular formula is C18H16ClN3O. The van der Waals surface area contributed by atoms with Gasteiger partial charge in [-0.3, -0.25) is 0 Å². The van der Waals surface area contributed by atoms with E-state index in [0.29, 0.717) is 16.4 Å². The summed E-state index contributed by atoms with van der Waals surface area (Å²) in [7, 11) is 0. The van der Waals surface area contributed by atoms with Gasteiger partial charge in [0.15, 0.2) is 5.82 Å². The summed E-state index contributed by atoms with van der Waals surface area (Å²) in [6, 6.07) is 12.8. The molecule has 0 spiro atoms. The Hall–Kier alpha value is -2.33. The zero-order valence-electron chi connectivity index (χ0n) is 12.5. The fraction of sp³-hybridized carbons (Fsp3) is 0.222. The Balaban J connectivity index is 1.99. The van der Waals surface area contributed by atoms with Crippen molar-refractivity contribution in [1.29, 1.82) is 0 Å². The molecule has 1 saturated heterocycles. The lowest BCUT2D eigenvalue weighted by Crippen LogP contribution is -2.20. The van der Waals surface area contributed by atoms with Crippen molar-refractivity contribution in [2.75, 3.05) is 18.0 Å². The van der Waals surface area contributed by atoms with Gasteiger partial charge in [0.1, 0.15) is 11.6 Å². The van der Waals surface area contributed by atoms with E-state index in [0.717, 1.165) is 42.7 Å². The number of halogens is 1. The van der Waals surface area contributed by atoms with E-state index < -0.39 is 0 Å². The van der Waals surface area contributed by atoms with E-state index in [2.05, 4.69) is 9.88 Å². The summed E-state index contributed by atoms with van der Waals surface area (Å²) in [4.78, 5) is 11.6. The maximum atomic E-state index is 10.1. The first-order chi connectivity index (χ1) is 11.2. The van der Waals surface area contributed by atoms with Crippen LogP contribution in [0.15, 0.2) is 42.5 Å². The fourth-order valence-corrected chi connectivity index (χ4v) is 3.32. The van der Waals surface area contributed by atoms with Gasteiger partial charge in [-0.05, 0) is 37.1 Å². The van der Waals surface area contributed by atoms with E-state index in [1.165, 1.54) is 0 Å². The molecule has 0 radical (unpaired) electrons. The number of phenols is 1. The van der Waals surface area contributed by atoms with Crippen LogP contribution in [0.1, 0.15) is 12.8 Å². The second-order valence-corrected chi connectivity index (χ2v) is 6.12. The summed E-state index contributed by atoms with van der Waals surface area (Å²) in [5, 5.41) is 11.7. The lowest BCUT2D eigenvalue weighted by atomic mass is 10.1. The molecule has 116 valence electrons. The number of benzene rings is 2. The number of para-hydroxylation sites is 1. The van der Waals surface area contributed by atoms with Crippen LogP contribution in [-0.4, -0.2) is 28.2 Å². The Morgan fingerprint density at radius 3 is 2.52 bits per heavy atom. The van der Waals surface area contributed by atoms with Crippen LogP contribution < -0.4 is 4.90 Å². The molecule has 0 saturated carbocycles. The Morgan fingerprint density at radius 2 is 1.74 bits per heavy atom. The summed E-state index contributed by atoms with van der Waals surface area (Å²) in [5.41, 5.74) is 1.43. The second-order valence-electron chi connectivity index (χ2n) is 5.72. The molecule has 4 nitrogen and oxygen atoms in total. The second kappa shape index (κ2) is 5.70. The number of anilines is 1. The topological polar surface area (TPSA) is 49.3 Å². The van der Waals surface area contributed by atoms with Gasteiger partial charge in [-0.25, -0.2) is 9.97 Å². The van der Waals surface area contributed by atoms with Gasteiger partial charge in [-0.15, -0.1) is 0 Å².